The van der Waals surface area contributed by atoms with Crippen molar-refractivity contribution in [2.45, 2.75) is 13.1 Å². The third-order valence-corrected chi connectivity index (χ3v) is 2.66. The molecule has 0 saturated carbocycles. The standard InChI is InChI=1S/C15H12F3NO2/c1-10-5-6-14(21-10)13(20)7-8-19-12-4-2-3-11(9-12)15(16,17)18/h2-9,19H,1H3. The monoisotopic (exact) mass is 295 g/mol. The molecular weight excluding hydrogens is 283 g/mol. The van der Waals surface area contributed by atoms with Gasteiger partial charge in [0.05, 0.1) is 5.56 Å². The van der Waals surface area contributed by atoms with Crippen LogP contribution in [0.15, 0.2) is 53.1 Å². The minimum absolute atomic E-state index is 0.176. The summed E-state index contributed by atoms with van der Waals surface area (Å²) in [5.74, 6) is 0.412. The topological polar surface area (TPSA) is 42.2 Å². The number of carbonyl (C=O) groups is 1. The predicted octanol–water partition coefficient (Wildman–Crippen LogP) is 4.42. The van der Waals surface area contributed by atoms with Crippen molar-refractivity contribution in [3.8, 4) is 0 Å². The number of furan rings is 1. The molecule has 2 rings (SSSR count). The molecule has 3 nitrogen and oxygen atoms in total. The van der Waals surface area contributed by atoms with Gasteiger partial charge in [0.25, 0.3) is 0 Å². The molecule has 0 unspecified atom stereocenters. The van der Waals surface area contributed by atoms with E-state index in [2.05, 4.69) is 5.32 Å². The van der Waals surface area contributed by atoms with Crippen LogP contribution < -0.4 is 5.32 Å². The van der Waals surface area contributed by atoms with Crippen LogP contribution in [-0.4, -0.2) is 5.78 Å². The van der Waals surface area contributed by atoms with Gasteiger partial charge in [-0.25, -0.2) is 0 Å². The minimum Gasteiger partial charge on any atom is -0.458 e. The van der Waals surface area contributed by atoms with Crippen molar-refractivity contribution in [3.05, 3.63) is 65.8 Å². The van der Waals surface area contributed by atoms with Gasteiger partial charge in [0.1, 0.15) is 5.76 Å². The maximum atomic E-state index is 12.5. The highest BCUT2D eigenvalue weighted by Crippen LogP contribution is 2.30. The van der Waals surface area contributed by atoms with Crippen molar-refractivity contribution in [3.63, 3.8) is 0 Å². The van der Waals surface area contributed by atoms with Gasteiger partial charge in [-0.05, 0) is 37.3 Å². The lowest BCUT2D eigenvalue weighted by molar-refractivity contribution is -0.137. The van der Waals surface area contributed by atoms with E-state index >= 15 is 0 Å². The van der Waals surface area contributed by atoms with Gasteiger partial charge in [-0.2, -0.15) is 13.2 Å². The van der Waals surface area contributed by atoms with Crippen LogP contribution in [0.4, 0.5) is 18.9 Å². The van der Waals surface area contributed by atoms with E-state index in [-0.39, 0.29) is 17.2 Å². The summed E-state index contributed by atoms with van der Waals surface area (Å²) in [6.45, 7) is 1.71. The minimum atomic E-state index is -4.40. The molecule has 1 N–H and O–H groups in total. The highest BCUT2D eigenvalue weighted by atomic mass is 19.4. The van der Waals surface area contributed by atoms with Gasteiger partial charge in [0.15, 0.2) is 5.76 Å². The Balaban J connectivity index is 2.03. The Hall–Kier alpha value is -2.50. The van der Waals surface area contributed by atoms with Crippen molar-refractivity contribution in [2.24, 2.45) is 0 Å². The third-order valence-electron chi connectivity index (χ3n) is 2.66. The summed E-state index contributed by atoms with van der Waals surface area (Å²) in [6, 6.07) is 7.89. The van der Waals surface area contributed by atoms with Gasteiger partial charge in [-0.1, -0.05) is 6.07 Å². The van der Waals surface area contributed by atoms with Crippen LogP contribution >= 0.6 is 0 Å². The van der Waals surface area contributed by atoms with Crippen LogP contribution in [0.25, 0.3) is 0 Å². The number of anilines is 1. The molecule has 0 spiro atoms. The Labute approximate surface area is 119 Å². The molecular formula is C15H12F3NO2. The number of hydrogen-bond donors (Lipinski definition) is 1. The third kappa shape index (κ3) is 3.98. The number of halogens is 3. The van der Waals surface area contributed by atoms with Gasteiger partial charge in [0, 0.05) is 18.0 Å². The lowest BCUT2D eigenvalue weighted by atomic mass is 10.2. The van der Waals surface area contributed by atoms with Gasteiger partial charge in [-0.15, -0.1) is 0 Å². The number of ketones is 1. The van der Waals surface area contributed by atoms with E-state index < -0.39 is 11.7 Å². The molecule has 0 atom stereocenters. The Morgan fingerprint density at radius 2 is 2.00 bits per heavy atom. The second-order valence-corrected chi connectivity index (χ2v) is 4.33. The Bertz CT molecular complexity index is 672. The fourth-order valence-corrected chi connectivity index (χ4v) is 1.65. The second-order valence-electron chi connectivity index (χ2n) is 4.33. The van der Waals surface area contributed by atoms with E-state index in [4.69, 9.17) is 4.42 Å². The van der Waals surface area contributed by atoms with E-state index in [9.17, 15) is 18.0 Å². The molecule has 0 aliphatic rings. The molecule has 110 valence electrons. The maximum Gasteiger partial charge on any atom is 0.416 e. The lowest BCUT2D eigenvalue weighted by Crippen LogP contribution is -2.05. The van der Waals surface area contributed by atoms with Gasteiger partial charge in [0.2, 0.25) is 5.78 Å². The van der Waals surface area contributed by atoms with Crippen LogP contribution in [0, 0.1) is 6.92 Å². The molecule has 1 aromatic heterocycles. The number of carbonyl (C=O) groups excluding carboxylic acids is 1. The van der Waals surface area contributed by atoms with E-state index in [0.29, 0.717) is 5.76 Å². The molecule has 0 bridgehead atoms. The first kappa shape index (κ1) is 14.9. The molecule has 21 heavy (non-hydrogen) atoms. The van der Waals surface area contributed by atoms with E-state index in [1.807, 2.05) is 0 Å². The zero-order valence-corrected chi connectivity index (χ0v) is 11.1. The first-order valence-electron chi connectivity index (χ1n) is 6.07. The van der Waals surface area contributed by atoms with Crippen LogP contribution in [0.2, 0.25) is 0 Å². The van der Waals surface area contributed by atoms with E-state index in [0.717, 1.165) is 12.1 Å². The fraction of sp³-hybridized carbons (Fsp3) is 0.133. The molecule has 0 radical (unpaired) electrons. The Morgan fingerprint density at radius 1 is 1.24 bits per heavy atom. The number of nitrogens with one attached hydrogen (secondary N) is 1. The van der Waals surface area contributed by atoms with Crippen molar-refractivity contribution in [1.82, 2.24) is 0 Å². The summed E-state index contributed by atoms with van der Waals surface area (Å²) in [7, 11) is 0. The summed E-state index contributed by atoms with van der Waals surface area (Å²) in [6.07, 6.45) is -1.93. The van der Waals surface area contributed by atoms with E-state index in [1.54, 1.807) is 13.0 Å². The fourth-order valence-electron chi connectivity index (χ4n) is 1.65. The molecule has 6 heteroatoms. The first-order valence-corrected chi connectivity index (χ1v) is 6.07. The van der Waals surface area contributed by atoms with Crippen LogP contribution in [0.5, 0.6) is 0 Å². The SMILES string of the molecule is Cc1ccc(C(=O)C=CNc2cccc(C(F)(F)F)c2)o1. The zero-order valence-electron chi connectivity index (χ0n) is 11.1. The maximum absolute atomic E-state index is 12.5. The second kappa shape index (κ2) is 5.87. The van der Waals surface area contributed by atoms with Crippen molar-refractivity contribution in [1.29, 1.82) is 0 Å². The van der Waals surface area contributed by atoms with Gasteiger partial charge < -0.3 is 9.73 Å². The largest absolute Gasteiger partial charge is 0.458 e. The molecule has 0 aliphatic carbocycles. The lowest BCUT2D eigenvalue weighted by Gasteiger charge is -2.08. The quantitative estimate of drug-likeness (QED) is 0.671. The number of aryl methyl sites for hydroxylation is 1. The molecule has 0 amide bonds. The highest BCUT2D eigenvalue weighted by molar-refractivity contribution is 6.02. The van der Waals surface area contributed by atoms with Crippen LogP contribution in [0.1, 0.15) is 21.9 Å². The predicted molar refractivity (Wildman–Crippen MR) is 72.0 cm³/mol. The molecule has 2 aromatic rings. The van der Waals surface area contributed by atoms with Crippen molar-refractivity contribution in [2.75, 3.05) is 5.32 Å². The zero-order chi connectivity index (χ0) is 15.5. The molecule has 1 aromatic carbocycles. The number of rotatable bonds is 4. The van der Waals surface area contributed by atoms with Crippen LogP contribution in [0.3, 0.4) is 0 Å². The van der Waals surface area contributed by atoms with Gasteiger partial charge >= 0.3 is 6.18 Å². The number of alkyl halides is 3. The van der Waals surface area contributed by atoms with E-state index in [1.165, 1.54) is 30.5 Å². The summed E-state index contributed by atoms with van der Waals surface area (Å²) >= 11 is 0. The summed E-state index contributed by atoms with van der Waals surface area (Å²) in [5, 5.41) is 2.62. The van der Waals surface area contributed by atoms with Crippen LogP contribution in [-0.2, 0) is 6.18 Å². The number of hydrogen-bond acceptors (Lipinski definition) is 3. The van der Waals surface area contributed by atoms with Crippen molar-refractivity contribution < 1.29 is 22.4 Å². The average molecular weight is 295 g/mol. The van der Waals surface area contributed by atoms with Gasteiger partial charge in [-0.3, -0.25) is 4.79 Å². The smallest absolute Gasteiger partial charge is 0.416 e. The molecule has 0 aliphatic heterocycles. The molecule has 0 fully saturated rings. The summed E-state index contributed by atoms with van der Waals surface area (Å²) in [5.41, 5.74) is -0.515. The number of allylic oxidation sites excluding steroid dienone is 1. The molecule has 0 saturated heterocycles. The normalized spacial score (nSPS) is 11.8. The highest BCUT2D eigenvalue weighted by Gasteiger charge is 2.30. The summed E-state index contributed by atoms with van der Waals surface area (Å²) in [4.78, 5) is 11.7. The van der Waals surface area contributed by atoms with Crippen molar-refractivity contribution >= 4 is 11.5 Å². The molecule has 1 heterocycles. The Kier molecular flexibility index (Phi) is 4.16. The average Bonchev–Trinajstić information content (AvgIpc) is 2.85. The summed E-state index contributed by atoms with van der Waals surface area (Å²) < 4.78 is 42.7. The number of benzene rings is 1. The Morgan fingerprint density at radius 3 is 2.62 bits per heavy atom. The first-order chi connectivity index (χ1) is 9.86.